The van der Waals surface area contributed by atoms with Gasteiger partial charge in [0, 0.05) is 13.0 Å². The van der Waals surface area contributed by atoms with E-state index < -0.39 is 0 Å². The zero-order chi connectivity index (χ0) is 13.7. The molecule has 0 radical (unpaired) electrons. The minimum Gasteiger partial charge on any atom is -0.497 e. The Morgan fingerprint density at radius 1 is 1.26 bits per heavy atom. The third-order valence-corrected chi connectivity index (χ3v) is 3.06. The van der Waals surface area contributed by atoms with Crippen LogP contribution in [0.4, 0.5) is 0 Å². The van der Waals surface area contributed by atoms with Gasteiger partial charge in [0.05, 0.1) is 13.0 Å². The zero-order valence-electron chi connectivity index (χ0n) is 11.3. The maximum Gasteiger partial charge on any atom is 0.221 e. The van der Waals surface area contributed by atoms with Gasteiger partial charge in [0.25, 0.3) is 0 Å². The van der Waals surface area contributed by atoms with Crippen LogP contribution in [0.15, 0.2) is 28.7 Å². The molecular formula is C14H19N3O2. The van der Waals surface area contributed by atoms with Crippen molar-refractivity contribution in [1.82, 2.24) is 10.2 Å². The van der Waals surface area contributed by atoms with E-state index in [2.05, 4.69) is 10.2 Å². The lowest BCUT2D eigenvalue weighted by molar-refractivity contribution is 0.413. The molecule has 0 amide bonds. The van der Waals surface area contributed by atoms with Gasteiger partial charge in [-0.3, -0.25) is 0 Å². The monoisotopic (exact) mass is 261 g/mol. The van der Waals surface area contributed by atoms with E-state index in [-0.39, 0.29) is 5.92 Å². The first-order valence-corrected chi connectivity index (χ1v) is 6.42. The molecule has 0 saturated carbocycles. The predicted octanol–water partition coefficient (Wildman–Crippen LogP) is 1.93. The largest absolute Gasteiger partial charge is 0.497 e. The summed E-state index contributed by atoms with van der Waals surface area (Å²) in [4.78, 5) is 0. The average molecular weight is 261 g/mol. The van der Waals surface area contributed by atoms with Crippen LogP contribution in [0.5, 0.6) is 5.75 Å². The maximum atomic E-state index is 5.81. The first kappa shape index (κ1) is 13.5. The van der Waals surface area contributed by atoms with Crippen LogP contribution in [0.25, 0.3) is 0 Å². The number of hydrogen-bond acceptors (Lipinski definition) is 5. The molecule has 0 aliphatic rings. The van der Waals surface area contributed by atoms with Gasteiger partial charge in [0.15, 0.2) is 0 Å². The summed E-state index contributed by atoms with van der Waals surface area (Å²) in [6.45, 7) is 2.47. The highest BCUT2D eigenvalue weighted by Gasteiger charge is 2.17. The summed E-state index contributed by atoms with van der Waals surface area (Å²) in [5.74, 6) is 2.18. The molecule has 1 heterocycles. The van der Waals surface area contributed by atoms with Crippen LogP contribution in [0.2, 0.25) is 0 Å². The normalized spacial score (nSPS) is 12.4. The molecule has 5 nitrogen and oxygen atoms in total. The molecule has 1 unspecified atom stereocenters. The van der Waals surface area contributed by atoms with Gasteiger partial charge in [0.2, 0.25) is 11.8 Å². The van der Waals surface area contributed by atoms with Crippen molar-refractivity contribution in [2.24, 2.45) is 5.73 Å². The molecule has 0 saturated heterocycles. The molecule has 2 N–H and O–H groups in total. The molecule has 2 aromatic rings. The number of aromatic nitrogens is 2. The molecule has 102 valence electrons. The number of methoxy groups -OCH3 is 1. The molecule has 1 aromatic heterocycles. The van der Waals surface area contributed by atoms with E-state index in [1.165, 1.54) is 5.56 Å². The quantitative estimate of drug-likeness (QED) is 0.860. The van der Waals surface area contributed by atoms with Gasteiger partial charge in [-0.25, -0.2) is 0 Å². The van der Waals surface area contributed by atoms with Gasteiger partial charge in [-0.2, -0.15) is 0 Å². The van der Waals surface area contributed by atoms with Crippen molar-refractivity contribution in [2.45, 2.75) is 25.7 Å². The van der Waals surface area contributed by atoms with Crippen LogP contribution in [0.1, 0.15) is 30.2 Å². The molecule has 0 aliphatic heterocycles. The fourth-order valence-corrected chi connectivity index (χ4v) is 1.89. The van der Waals surface area contributed by atoms with E-state index in [1.54, 1.807) is 7.11 Å². The fraction of sp³-hybridized carbons (Fsp3) is 0.429. The predicted molar refractivity (Wildman–Crippen MR) is 72.2 cm³/mol. The second kappa shape index (κ2) is 6.33. The fourth-order valence-electron chi connectivity index (χ4n) is 1.89. The van der Waals surface area contributed by atoms with Crippen LogP contribution in [-0.4, -0.2) is 23.9 Å². The highest BCUT2D eigenvalue weighted by molar-refractivity contribution is 5.28. The summed E-state index contributed by atoms with van der Waals surface area (Å²) in [7, 11) is 1.66. The number of benzene rings is 1. The standard InChI is InChI=1S/C14H19N3O2/c1-3-13-16-17-14(19-13)11(9-15)8-10-4-6-12(18-2)7-5-10/h4-7,11H,3,8-9,15H2,1-2H3. The third-order valence-electron chi connectivity index (χ3n) is 3.06. The molecule has 0 bridgehead atoms. The average Bonchev–Trinajstić information content (AvgIpc) is 2.94. The van der Waals surface area contributed by atoms with Crippen molar-refractivity contribution in [3.05, 3.63) is 41.6 Å². The Labute approximate surface area is 112 Å². The Morgan fingerprint density at radius 3 is 2.53 bits per heavy atom. The maximum absolute atomic E-state index is 5.81. The van der Waals surface area contributed by atoms with Crippen LogP contribution in [0.3, 0.4) is 0 Å². The molecule has 19 heavy (non-hydrogen) atoms. The van der Waals surface area contributed by atoms with Crippen LogP contribution >= 0.6 is 0 Å². The first-order valence-electron chi connectivity index (χ1n) is 6.42. The Bertz CT molecular complexity index is 508. The second-order valence-electron chi connectivity index (χ2n) is 4.37. The first-order chi connectivity index (χ1) is 9.26. The van der Waals surface area contributed by atoms with E-state index >= 15 is 0 Å². The van der Waals surface area contributed by atoms with Gasteiger partial charge in [-0.15, -0.1) is 10.2 Å². The van der Waals surface area contributed by atoms with Gasteiger partial charge in [-0.1, -0.05) is 19.1 Å². The number of nitrogens with zero attached hydrogens (tertiary/aromatic N) is 2. The van der Waals surface area contributed by atoms with Crippen molar-refractivity contribution in [1.29, 1.82) is 0 Å². The highest BCUT2D eigenvalue weighted by atomic mass is 16.5. The highest BCUT2D eigenvalue weighted by Crippen LogP contribution is 2.20. The Morgan fingerprint density at radius 2 is 2.00 bits per heavy atom. The molecule has 1 atom stereocenters. The van der Waals surface area contributed by atoms with Crippen molar-refractivity contribution >= 4 is 0 Å². The third kappa shape index (κ3) is 3.32. The van der Waals surface area contributed by atoms with Crippen LogP contribution < -0.4 is 10.5 Å². The van der Waals surface area contributed by atoms with Crippen molar-refractivity contribution in [3.63, 3.8) is 0 Å². The molecule has 0 fully saturated rings. The summed E-state index contributed by atoms with van der Waals surface area (Å²) in [6, 6.07) is 7.93. The van der Waals surface area contributed by atoms with Crippen LogP contribution in [-0.2, 0) is 12.8 Å². The lowest BCUT2D eigenvalue weighted by Crippen LogP contribution is -2.15. The zero-order valence-corrected chi connectivity index (χ0v) is 11.3. The van der Waals surface area contributed by atoms with E-state index in [0.717, 1.165) is 18.6 Å². The van der Waals surface area contributed by atoms with E-state index in [1.807, 2.05) is 31.2 Å². The van der Waals surface area contributed by atoms with Gasteiger partial charge in [0.1, 0.15) is 5.75 Å². The summed E-state index contributed by atoms with van der Waals surface area (Å²) >= 11 is 0. The number of hydrogen-bond donors (Lipinski definition) is 1. The number of nitrogens with two attached hydrogens (primary N) is 1. The van der Waals surface area contributed by atoms with Crippen molar-refractivity contribution < 1.29 is 9.15 Å². The van der Waals surface area contributed by atoms with Gasteiger partial charge in [-0.05, 0) is 24.1 Å². The lowest BCUT2D eigenvalue weighted by atomic mass is 9.99. The smallest absolute Gasteiger partial charge is 0.221 e. The van der Waals surface area contributed by atoms with Crippen molar-refractivity contribution in [2.75, 3.05) is 13.7 Å². The summed E-state index contributed by atoms with van der Waals surface area (Å²) in [5.41, 5.74) is 6.98. The molecular weight excluding hydrogens is 242 g/mol. The molecule has 5 heteroatoms. The number of rotatable bonds is 6. The minimum atomic E-state index is 0.0567. The van der Waals surface area contributed by atoms with E-state index in [0.29, 0.717) is 18.3 Å². The molecule has 1 aromatic carbocycles. The van der Waals surface area contributed by atoms with E-state index in [9.17, 15) is 0 Å². The summed E-state index contributed by atoms with van der Waals surface area (Å²) in [5, 5.41) is 8.05. The minimum absolute atomic E-state index is 0.0567. The van der Waals surface area contributed by atoms with E-state index in [4.69, 9.17) is 14.9 Å². The van der Waals surface area contributed by atoms with Crippen LogP contribution in [0, 0.1) is 0 Å². The molecule has 0 aliphatic carbocycles. The Balaban J connectivity index is 2.09. The lowest BCUT2D eigenvalue weighted by Gasteiger charge is -2.10. The Kier molecular flexibility index (Phi) is 4.52. The molecule has 2 rings (SSSR count). The SMILES string of the molecule is CCc1nnc(C(CN)Cc2ccc(OC)cc2)o1. The summed E-state index contributed by atoms with van der Waals surface area (Å²) < 4.78 is 10.7. The number of aryl methyl sites for hydroxylation is 1. The topological polar surface area (TPSA) is 74.2 Å². The summed E-state index contributed by atoms with van der Waals surface area (Å²) in [6.07, 6.45) is 1.53. The van der Waals surface area contributed by atoms with Gasteiger partial charge >= 0.3 is 0 Å². The molecule has 0 spiro atoms. The Hall–Kier alpha value is -1.88. The van der Waals surface area contributed by atoms with Gasteiger partial charge < -0.3 is 14.9 Å². The number of ether oxygens (including phenoxy) is 1. The van der Waals surface area contributed by atoms with Crippen molar-refractivity contribution in [3.8, 4) is 5.75 Å². The second-order valence-corrected chi connectivity index (χ2v) is 4.37.